The number of rotatable bonds is 12. The monoisotopic (exact) mass is 612 g/mol. The molecule has 1 N–H and O–H groups in total. The molecule has 1 aromatic heterocycles. The fourth-order valence-corrected chi connectivity index (χ4v) is 5.65. The van der Waals surface area contributed by atoms with Crippen LogP contribution in [0, 0.1) is 0 Å². The number of fused-ring (bicyclic) bond motifs is 1. The largest absolute Gasteiger partial charge is 0.493 e. The van der Waals surface area contributed by atoms with E-state index in [0.29, 0.717) is 59.7 Å². The Bertz CT molecular complexity index is 1670. The van der Waals surface area contributed by atoms with Crippen LogP contribution in [0.2, 0.25) is 0 Å². The number of ether oxygens (including phenoxy) is 4. The maximum absolute atomic E-state index is 13.9. The van der Waals surface area contributed by atoms with E-state index < -0.39 is 30.7 Å². The number of nitrogens with zero attached hydrogens (tertiary/aromatic N) is 2. The van der Waals surface area contributed by atoms with Gasteiger partial charge in [-0.1, -0.05) is 36.4 Å². The molecule has 2 atom stereocenters. The molecular formula is C35H36N2O8. The van der Waals surface area contributed by atoms with Crippen molar-refractivity contribution in [2.75, 3.05) is 27.4 Å². The highest BCUT2D eigenvalue weighted by Gasteiger charge is 2.36. The lowest BCUT2D eigenvalue weighted by Gasteiger charge is -2.35. The molecule has 10 heteroatoms. The lowest BCUT2D eigenvalue weighted by Crippen LogP contribution is -2.49. The number of aryl methyl sites for hydroxylation is 1. The molecule has 234 valence electrons. The topological polar surface area (TPSA) is 124 Å². The van der Waals surface area contributed by atoms with Crippen molar-refractivity contribution >= 4 is 28.7 Å². The van der Waals surface area contributed by atoms with E-state index in [-0.39, 0.29) is 5.91 Å². The molecule has 0 unspecified atom stereocenters. The Morgan fingerprint density at radius 3 is 2.58 bits per heavy atom. The number of piperidine rings is 1. The number of likely N-dealkylation sites (tertiary alicyclic amines) is 1. The van der Waals surface area contributed by atoms with Gasteiger partial charge in [0.15, 0.2) is 18.1 Å². The Balaban J connectivity index is 1.40. The summed E-state index contributed by atoms with van der Waals surface area (Å²) in [5.74, 6) is -0.275. The molecule has 5 rings (SSSR count). The molecule has 0 bridgehead atoms. The number of aliphatic carboxylic acids is 1. The molecule has 2 heterocycles. The SMILES string of the molecule is COc1ccc(CC[C@@H](OC(=O)[C@@H]2CCCCN2C(=O)c2ccnc3ccccc23)c2cccc(OCC(=O)O)c2)cc1OC. The summed E-state index contributed by atoms with van der Waals surface area (Å²) in [5.41, 5.74) is 2.81. The standard InChI is InChI=1S/C35H36N2O8/c1-42-31-16-14-23(20-32(31)43-2)13-15-30(24-8-7-9-25(21-24)44-22-33(38)39)45-35(41)29-12-5-6-19-37(29)34(40)27-17-18-36-28-11-4-3-10-26(27)28/h3-4,7-11,14,16-18,20-21,29-30H,5-6,12-13,15,19,22H2,1-2H3,(H,38,39)/t29-,30+/m0/s1. The van der Waals surface area contributed by atoms with Crippen LogP contribution in [0.25, 0.3) is 10.9 Å². The molecule has 1 saturated heterocycles. The number of aromatic nitrogens is 1. The predicted molar refractivity (Wildman–Crippen MR) is 167 cm³/mol. The van der Waals surface area contributed by atoms with Gasteiger partial charge in [-0.15, -0.1) is 0 Å². The number of hydrogen-bond acceptors (Lipinski definition) is 8. The molecule has 0 spiro atoms. The third-order valence-corrected chi connectivity index (χ3v) is 7.91. The molecule has 45 heavy (non-hydrogen) atoms. The average Bonchev–Trinajstić information content (AvgIpc) is 3.08. The first-order chi connectivity index (χ1) is 21.9. The van der Waals surface area contributed by atoms with Crippen molar-refractivity contribution in [3.8, 4) is 17.2 Å². The second-order valence-corrected chi connectivity index (χ2v) is 10.8. The highest BCUT2D eigenvalue weighted by Crippen LogP contribution is 2.32. The number of methoxy groups -OCH3 is 2. The number of amides is 1. The summed E-state index contributed by atoms with van der Waals surface area (Å²) in [6.45, 7) is -0.0630. The minimum atomic E-state index is -1.10. The van der Waals surface area contributed by atoms with Gasteiger partial charge >= 0.3 is 11.9 Å². The number of para-hydroxylation sites is 1. The fourth-order valence-electron chi connectivity index (χ4n) is 5.65. The Kier molecular flexibility index (Phi) is 10.1. The van der Waals surface area contributed by atoms with E-state index >= 15 is 0 Å². The first-order valence-corrected chi connectivity index (χ1v) is 14.9. The smallest absolute Gasteiger partial charge is 0.341 e. The van der Waals surface area contributed by atoms with Gasteiger partial charge in [-0.25, -0.2) is 9.59 Å². The van der Waals surface area contributed by atoms with Gasteiger partial charge in [-0.05, 0) is 79.6 Å². The zero-order valence-corrected chi connectivity index (χ0v) is 25.3. The zero-order chi connectivity index (χ0) is 31.8. The molecule has 1 aliphatic rings. The van der Waals surface area contributed by atoms with Gasteiger partial charge in [0.25, 0.3) is 5.91 Å². The summed E-state index contributed by atoms with van der Waals surface area (Å²) in [6.07, 6.45) is 3.92. The van der Waals surface area contributed by atoms with Crippen molar-refractivity contribution in [1.29, 1.82) is 0 Å². The van der Waals surface area contributed by atoms with Crippen LogP contribution in [0.1, 0.15) is 53.3 Å². The Hall–Kier alpha value is -5.12. The number of carboxylic acids is 1. The second kappa shape index (κ2) is 14.6. The summed E-state index contributed by atoms with van der Waals surface area (Å²) in [6, 6.07) is 20.9. The normalized spacial score (nSPS) is 15.2. The molecule has 1 fully saturated rings. The molecule has 3 aromatic carbocycles. The molecule has 1 amide bonds. The third kappa shape index (κ3) is 7.52. The van der Waals surface area contributed by atoms with Gasteiger partial charge in [0.05, 0.1) is 25.3 Å². The van der Waals surface area contributed by atoms with E-state index in [9.17, 15) is 14.4 Å². The number of esters is 1. The van der Waals surface area contributed by atoms with Crippen LogP contribution in [0.15, 0.2) is 79.0 Å². The number of benzene rings is 3. The molecule has 1 aliphatic heterocycles. The summed E-state index contributed by atoms with van der Waals surface area (Å²) in [4.78, 5) is 44.9. The van der Waals surface area contributed by atoms with Crippen molar-refractivity contribution < 1.29 is 38.4 Å². The van der Waals surface area contributed by atoms with Crippen LogP contribution in [0.4, 0.5) is 0 Å². The summed E-state index contributed by atoms with van der Waals surface area (Å²) < 4.78 is 22.4. The van der Waals surface area contributed by atoms with E-state index in [2.05, 4.69) is 4.98 Å². The van der Waals surface area contributed by atoms with Crippen molar-refractivity contribution in [2.24, 2.45) is 0 Å². The summed E-state index contributed by atoms with van der Waals surface area (Å²) in [7, 11) is 3.14. The molecule has 0 radical (unpaired) electrons. The fraction of sp³-hybridized carbons (Fsp3) is 0.314. The van der Waals surface area contributed by atoms with Crippen molar-refractivity contribution in [1.82, 2.24) is 9.88 Å². The van der Waals surface area contributed by atoms with Crippen LogP contribution >= 0.6 is 0 Å². The van der Waals surface area contributed by atoms with Crippen LogP contribution in [0.3, 0.4) is 0 Å². The summed E-state index contributed by atoms with van der Waals surface area (Å²) >= 11 is 0. The average molecular weight is 613 g/mol. The maximum atomic E-state index is 13.9. The molecule has 10 nitrogen and oxygen atoms in total. The zero-order valence-electron chi connectivity index (χ0n) is 25.3. The predicted octanol–water partition coefficient (Wildman–Crippen LogP) is 5.63. The Morgan fingerprint density at radius 1 is 0.956 bits per heavy atom. The van der Waals surface area contributed by atoms with Crippen molar-refractivity contribution in [3.05, 3.63) is 95.7 Å². The summed E-state index contributed by atoms with van der Waals surface area (Å²) in [5, 5.41) is 9.80. The van der Waals surface area contributed by atoms with Crippen LogP contribution in [-0.4, -0.2) is 66.2 Å². The highest BCUT2D eigenvalue weighted by atomic mass is 16.5. The second-order valence-electron chi connectivity index (χ2n) is 10.8. The van der Waals surface area contributed by atoms with E-state index in [1.807, 2.05) is 48.5 Å². The minimum Gasteiger partial charge on any atom is -0.493 e. The number of pyridine rings is 1. The van der Waals surface area contributed by atoms with Gasteiger partial charge in [-0.2, -0.15) is 0 Å². The molecule has 0 aliphatic carbocycles. The number of carboxylic acid groups (broad SMARTS) is 1. The van der Waals surface area contributed by atoms with Gasteiger partial charge in [-0.3, -0.25) is 9.78 Å². The van der Waals surface area contributed by atoms with Crippen LogP contribution in [-0.2, 0) is 20.7 Å². The van der Waals surface area contributed by atoms with Gasteiger partial charge in [0, 0.05) is 18.1 Å². The third-order valence-electron chi connectivity index (χ3n) is 7.91. The first-order valence-electron chi connectivity index (χ1n) is 14.9. The first kappa shape index (κ1) is 31.3. The van der Waals surface area contributed by atoms with Crippen molar-refractivity contribution in [3.63, 3.8) is 0 Å². The van der Waals surface area contributed by atoms with Crippen molar-refractivity contribution in [2.45, 2.75) is 44.2 Å². The lowest BCUT2D eigenvalue weighted by molar-refractivity contribution is -0.156. The maximum Gasteiger partial charge on any atom is 0.341 e. The highest BCUT2D eigenvalue weighted by molar-refractivity contribution is 6.07. The van der Waals surface area contributed by atoms with Gasteiger partial charge in [0.1, 0.15) is 17.9 Å². The number of carbonyl (C=O) groups excluding carboxylic acids is 2. The van der Waals surface area contributed by atoms with E-state index in [1.165, 1.54) is 0 Å². The molecule has 4 aromatic rings. The number of hydrogen-bond donors (Lipinski definition) is 1. The van der Waals surface area contributed by atoms with E-state index in [0.717, 1.165) is 23.8 Å². The molecule has 0 saturated carbocycles. The van der Waals surface area contributed by atoms with Crippen LogP contribution < -0.4 is 14.2 Å². The number of carbonyl (C=O) groups is 3. The lowest BCUT2D eigenvalue weighted by atomic mass is 9.98. The van der Waals surface area contributed by atoms with Crippen LogP contribution in [0.5, 0.6) is 17.2 Å². The Morgan fingerprint density at radius 2 is 1.78 bits per heavy atom. The van der Waals surface area contributed by atoms with E-state index in [1.54, 1.807) is 49.6 Å². The Labute approximate surface area is 261 Å². The van der Waals surface area contributed by atoms with E-state index in [4.69, 9.17) is 24.1 Å². The van der Waals surface area contributed by atoms with Gasteiger partial charge < -0.3 is 29.0 Å². The molecular weight excluding hydrogens is 576 g/mol. The quantitative estimate of drug-likeness (QED) is 0.203. The minimum absolute atomic E-state index is 0.235. The van der Waals surface area contributed by atoms with Gasteiger partial charge in [0.2, 0.25) is 0 Å².